The molecule has 2 heterocycles. The zero-order valence-electron chi connectivity index (χ0n) is 16.5. The predicted octanol–water partition coefficient (Wildman–Crippen LogP) is 3.05. The first-order valence-electron chi connectivity index (χ1n) is 9.68. The fraction of sp³-hybridized carbons (Fsp3) is 0.524. The minimum Gasteiger partial charge on any atom is -0.449 e. The average Bonchev–Trinajstić information content (AvgIpc) is 2.83. The van der Waals surface area contributed by atoms with E-state index in [-0.39, 0.29) is 12.0 Å². The van der Waals surface area contributed by atoms with Crippen LogP contribution in [0.1, 0.15) is 25.8 Å². The molecule has 2 aromatic rings. The average molecular weight is 371 g/mol. The number of rotatable bonds is 4. The zero-order chi connectivity index (χ0) is 19.4. The van der Waals surface area contributed by atoms with E-state index in [4.69, 9.17) is 4.74 Å². The van der Waals surface area contributed by atoms with E-state index in [9.17, 15) is 9.59 Å². The van der Waals surface area contributed by atoms with E-state index in [1.165, 1.54) is 0 Å². The highest BCUT2D eigenvalue weighted by Gasteiger charge is 2.23. The lowest BCUT2D eigenvalue weighted by Gasteiger charge is -2.22. The van der Waals surface area contributed by atoms with Gasteiger partial charge in [-0.3, -0.25) is 4.79 Å². The van der Waals surface area contributed by atoms with Crippen LogP contribution in [0.4, 0.5) is 4.79 Å². The highest BCUT2D eigenvalue weighted by molar-refractivity contribution is 5.89. The minimum absolute atomic E-state index is 0.115. The number of aryl methyl sites for hydroxylation is 1. The lowest BCUT2D eigenvalue weighted by Crippen LogP contribution is -2.38. The molecule has 0 saturated carbocycles. The first-order valence-corrected chi connectivity index (χ1v) is 9.68. The summed E-state index contributed by atoms with van der Waals surface area (Å²) in [6.45, 7) is 6.86. The van der Waals surface area contributed by atoms with Gasteiger partial charge in [-0.05, 0) is 24.0 Å². The zero-order valence-corrected chi connectivity index (χ0v) is 16.5. The van der Waals surface area contributed by atoms with Crippen LogP contribution in [-0.4, -0.2) is 59.2 Å². The van der Waals surface area contributed by atoms with Crippen LogP contribution in [0.3, 0.4) is 0 Å². The molecule has 0 spiro atoms. The normalized spacial score (nSPS) is 15.3. The summed E-state index contributed by atoms with van der Waals surface area (Å²) in [5, 5.41) is 1.13. The number of aromatic nitrogens is 1. The van der Waals surface area contributed by atoms with Crippen LogP contribution in [0.5, 0.6) is 0 Å². The summed E-state index contributed by atoms with van der Waals surface area (Å²) < 4.78 is 7.38. The van der Waals surface area contributed by atoms with Crippen molar-refractivity contribution in [3.63, 3.8) is 0 Å². The molecule has 0 unspecified atom stereocenters. The molecule has 0 N–H and O–H groups in total. The summed E-state index contributed by atoms with van der Waals surface area (Å²) in [6.07, 6.45) is 2.93. The van der Waals surface area contributed by atoms with Gasteiger partial charge >= 0.3 is 6.09 Å². The molecule has 3 rings (SSSR count). The second-order valence-corrected chi connectivity index (χ2v) is 7.65. The van der Waals surface area contributed by atoms with Crippen LogP contribution in [0.2, 0.25) is 0 Å². The monoisotopic (exact) mass is 371 g/mol. The largest absolute Gasteiger partial charge is 0.449 e. The van der Waals surface area contributed by atoms with Crippen LogP contribution in [-0.2, 0) is 23.0 Å². The van der Waals surface area contributed by atoms with Crippen LogP contribution in [0.25, 0.3) is 10.9 Å². The van der Waals surface area contributed by atoms with E-state index in [0.717, 1.165) is 22.9 Å². The summed E-state index contributed by atoms with van der Waals surface area (Å²) >= 11 is 0. The number of nitrogens with zero attached hydrogens (tertiary/aromatic N) is 3. The molecular formula is C21H29N3O3. The lowest BCUT2D eigenvalue weighted by atomic mass is 10.1. The summed E-state index contributed by atoms with van der Waals surface area (Å²) in [6, 6.07) is 8.14. The fourth-order valence-electron chi connectivity index (χ4n) is 3.52. The molecule has 6 heteroatoms. The quantitative estimate of drug-likeness (QED) is 0.830. The van der Waals surface area contributed by atoms with Gasteiger partial charge in [0.15, 0.2) is 0 Å². The van der Waals surface area contributed by atoms with E-state index in [2.05, 4.69) is 16.7 Å². The van der Waals surface area contributed by atoms with Crippen molar-refractivity contribution in [1.29, 1.82) is 0 Å². The van der Waals surface area contributed by atoms with Gasteiger partial charge in [-0.25, -0.2) is 4.79 Å². The number of ether oxygens (including phenoxy) is 1. The first kappa shape index (κ1) is 19.3. The summed E-state index contributed by atoms with van der Waals surface area (Å²) in [5.41, 5.74) is 2.19. The SMILES string of the molecule is CC(C)COC(=O)N1CCCN(C(=O)Cc2cn(C)c3ccccc23)CC1. The van der Waals surface area contributed by atoms with Gasteiger partial charge in [0.25, 0.3) is 0 Å². The maximum Gasteiger partial charge on any atom is 0.409 e. The van der Waals surface area contributed by atoms with Gasteiger partial charge in [0.1, 0.15) is 0 Å². The molecule has 1 aromatic heterocycles. The van der Waals surface area contributed by atoms with Crippen molar-refractivity contribution in [2.45, 2.75) is 26.7 Å². The standard InChI is InChI=1S/C21H29N3O3/c1-16(2)15-27-21(26)24-10-6-9-23(11-12-24)20(25)13-17-14-22(3)19-8-5-4-7-18(17)19/h4-5,7-8,14,16H,6,9-13,15H2,1-3H3. The van der Waals surface area contributed by atoms with Gasteiger partial charge in [-0.15, -0.1) is 0 Å². The molecule has 0 aliphatic carbocycles. The van der Waals surface area contributed by atoms with Crippen LogP contribution >= 0.6 is 0 Å². The number of benzene rings is 1. The molecule has 0 bridgehead atoms. The van der Waals surface area contributed by atoms with Crippen molar-refractivity contribution < 1.29 is 14.3 Å². The Morgan fingerprint density at radius 3 is 2.56 bits per heavy atom. The Morgan fingerprint density at radius 2 is 1.78 bits per heavy atom. The van der Waals surface area contributed by atoms with E-state index in [1.807, 2.05) is 44.1 Å². The Bertz CT molecular complexity index is 812. The number of amides is 2. The molecule has 0 radical (unpaired) electrons. The molecule has 2 amide bonds. The highest BCUT2D eigenvalue weighted by atomic mass is 16.6. The number of hydrogen-bond donors (Lipinski definition) is 0. The van der Waals surface area contributed by atoms with E-state index in [1.54, 1.807) is 4.90 Å². The minimum atomic E-state index is -0.271. The molecule has 1 aliphatic heterocycles. The second-order valence-electron chi connectivity index (χ2n) is 7.65. The molecule has 1 fully saturated rings. The summed E-state index contributed by atoms with van der Waals surface area (Å²) in [7, 11) is 2.00. The molecule has 146 valence electrons. The fourth-order valence-corrected chi connectivity index (χ4v) is 3.52. The van der Waals surface area contributed by atoms with Crippen LogP contribution in [0.15, 0.2) is 30.5 Å². The summed E-state index contributed by atoms with van der Waals surface area (Å²) in [5.74, 6) is 0.434. The molecule has 1 saturated heterocycles. The molecule has 0 atom stereocenters. The first-order chi connectivity index (χ1) is 13.0. The molecule has 1 aromatic carbocycles. The predicted molar refractivity (Wildman–Crippen MR) is 106 cm³/mol. The van der Waals surface area contributed by atoms with E-state index in [0.29, 0.717) is 45.1 Å². The van der Waals surface area contributed by atoms with E-state index >= 15 is 0 Å². The lowest BCUT2D eigenvalue weighted by molar-refractivity contribution is -0.130. The Kier molecular flexibility index (Phi) is 6.04. The smallest absolute Gasteiger partial charge is 0.409 e. The van der Waals surface area contributed by atoms with Crippen molar-refractivity contribution in [2.24, 2.45) is 13.0 Å². The van der Waals surface area contributed by atoms with Gasteiger partial charge in [-0.1, -0.05) is 32.0 Å². The van der Waals surface area contributed by atoms with Crippen molar-refractivity contribution in [1.82, 2.24) is 14.4 Å². The number of para-hydroxylation sites is 1. The maximum absolute atomic E-state index is 12.8. The summed E-state index contributed by atoms with van der Waals surface area (Å²) in [4.78, 5) is 28.6. The number of fused-ring (bicyclic) bond motifs is 1. The Labute approximate surface area is 160 Å². The Hall–Kier alpha value is -2.50. The third kappa shape index (κ3) is 4.62. The van der Waals surface area contributed by atoms with Gasteiger partial charge < -0.3 is 19.1 Å². The Balaban J connectivity index is 1.60. The van der Waals surface area contributed by atoms with Crippen LogP contribution < -0.4 is 0 Å². The Morgan fingerprint density at radius 1 is 1.07 bits per heavy atom. The number of carbonyl (C=O) groups excluding carboxylic acids is 2. The number of carbonyl (C=O) groups is 2. The van der Waals surface area contributed by atoms with Gasteiger partial charge in [-0.2, -0.15) is 0 Å². The third-order valence-corrected chi connectivity index (χ3v) is 4.97. The number of hydrogen-bond acceptors (Lipinski definition) is 3. The van der Waals surface area contributed by atoms with Crippen LogP contribution in [0, 0.1) is 5.92 Å². The van der Waals surface area contributed by atoms with Gasteiger partial charge in [0.2, 0.25) is 5.91 Å². The van der Waals surface area contributed by atoms with Crippen molar-refractivity contribution in [2.75, 3.05) is 32.8 Å². The van der Waals surface area contributed by atoms with Crippen molar-refractivity contribution in [3.05, 3.63) is 36.0 Å². The topological polar surface area (TPSA) is 54.8 Å². The third-order valence-electron chi connectivity index (χ3n) is 4.97. The van der Waals surface area contributed by atoms with Gasteiger partial charge in [0.05, 0.1) is 13.0 Å². The maximum atomic E-state index is 12.8. The van der Waals surface area contributed by atoms with E-state index < -0.39 is 0 Å². The molecule has 27 heavy (non-hydrogen) atoms. The van der Waals surface area contributed by atoms with Crippen molar-refractivity contribution >= 4 is 22.9 Å². The highest BCUT2D eigenvalue weighted by Crippen LogP contribution is 2.21. The molecule has 1 aliphatic rings. The second kappa shape index (κ2) is 8.46. The van der Waals surface area contributed by atoms with Gasteiger partial charge in [0, 0.05) is 50.3 Å². The van der Waals surface area contributed by atoms with Crippen molar-refractivity contribution in [3.8, 4) is 0 Å². The molecular weight excluding hydrogens is 342 g/mol. The molecule has 6 nitrogen and oxygen atoms in total.